The largest absolute Gasteiger partial charge is 0.478 e. The van der Waals surface area contributed by atoms with Crippen LogP contribution in [-0.4, -0.2) is 11.1 Å². The fourth-order valence-electron chi connectivity index (χ4n) is 1.61. The van der Waals surface area contributed by atoms with Gasteiger partial charge >= 0.3 is 5.97 Å². The highest BCUT2D eigenvalue weighted by molar-refractivity contribution is 7.99. The summed E-state index contributed by atoms with van der Waals surface area (Å²) in [7, 11) is 0. The monoisotopic (exact) mass is 259 g/mol. The predicted octanol–water partition coefficient (Wildman–Crippen LogP) is 3.43. The van der Waals surface area contributed by atoms with Crippen molar-refractivity contribution in [2.24, 2.45) is 0 Å². The van der Waals surface area contributed by atoms with Gasteiger partial charge in [-0.05, 0) is 36.8 Å². The standard InChI is InChI=1S/C14H13NO2S/c1-9-6-7-13(11(15)8-9)18-12-5-3-2-4-10(12)14(16)17/h2-8H,15H2,1H3,(H,16,17). The van der Waals surface area contributed by atoms with Crippen LogP contribution >= 0.6 is 11.8 Å². The van der Waals surface area contributed by atoms with E-state index in [1.807, 2.05) is 31.2 Å². The van der Waals surface area contributed by atoms with Crippen LogP contribution in [0.15, 0.2) is 52.3 Å². The highest BCUT2D eigenvalue weighted by Crippen LogP contribution is 2.34. The molecule has 0 aromatic heterocycles. The fraction of sp³-hybridized carbons (Fsp3) is 0.0714. The molecule has 0 amide bonds. The maximum Gasteiger partial charge on any atom is 0.336 e. The first-order valence-electron chi connectivity index (χ1n) is 5.44. The van der Waals surface area contributed by atoms with Crippen LogP contribution in [0.5, 0.6) is 0 Å². The molecular weight excluding hydrogens is 246 g/mol. The minimum Gasteiger partial charge on any atom is -0.478 e. The summed E-state index contributed by atoms with van der Waals surface area (Å²) in [5, 5.41) is 9.11. The van der Waals surface area contributed by atoms with Crippen molar-refractivity contribution in [3.63, 3.8) is 0 Å². The molecule has 0 bridgehead atoms. The zero-order valence-electron chi connectivity index (χ0n) is 9.88. The van der Waals surface area contributed by atoms with Crippen molar-refractivity contribution in [1.29, 1.82) is 0 Å². The number of benzene rings is 2. The number of carboxylic acid groups (broad SMARTS) is 1. The second-order valence-electron chi connectivity index (χ2n) is 3.94. The van der Waals surface area contributed by atoms with Crippen molar-refractivity contribution in [3.8, 4) is 0 Å². The highest BCUT2D eigenvalue weighted by Gasteiger charge is 2.11. The normalized spacial score (nSPS) is 10.3. The topological polar surface area (TPSA) is 63.3 Å². The number of nitrogen functional groups attached to an aromatic ring is 1. The van der Waals surface area contributed by atoms with Crippen LogP contribution in [0.2, 0.25) is 0 Å². The molecule has 3 nitrogen and oxygen atoms in total. The average molecular weight is 259 g/mol. The molecule has 3 N–H and O–H groups in total. The van der Waals surface area contributed by atoms with Crippen LogP contribution in [0, 0.1) is 6.92 Å². The predicted molar refractivity (Wildman–Crippen MR) is 73.1 cm³/mol. The van der Waals surface area contributed by atoms with E-state index in [0.717, 1.165) is 10.5 Å². The molecular formula is C14H13NO2S. The van der Waals surface area contributed by atoms with Crippen LogP contribution < -0.4 is 5.73 Å². The minimum atomic E-state index is -0.927. The van der Waals surface area contributed by atoms with E-state index in [-0.39, 0.29) is 0 Å². The molecule has 0 aliphatic rings. The third-order valence-electron chi connectivity index (χ3n) is 2.50. The summed E-state index contributed by atoms with van der Waals surface area (Å²) in [5.74, 6) is -0.927. The number of anilines is 1. The van der Waals surface area contributed by atoms with Crippen molar-refractivity contribution in [2.45, 2.75) is 16.7 Å². The van der Waals surface area contributed by atoms with E-state index >= 15 is 0 Å². The van der Waals surface area contributed by atoms with Crippen LogP contribution in [0.4, 0.5) is 5.69 Å². The third kappa shape index (κ3) is 2.65. The lowest BCUT2D eigenvalue weighted by Crippen LogP contribution is -1.98. The first kappa shape index (κ1) is 12.5. The van der Waals surface area contributed by atoms with Gasteiger partial charge in [0.05, 0.1) is 5.56 Å². The highest BCUT2D eigenvalue weighted by atomic mass is 32.2. The molecule has 0 atom stereocenters. The quantitative estimate of drug-likeness (QED) is 0.829. The number of nitrogens with two attached hydrogens (primary N) is 1. The second-order valence-corrected chi connectivity index (χ2v) is 5.03. The molecule has 4 heteroatoms. The molecule has 0 aliphatic heterocycles. The van der Waals surface area contributed by atoms with Gasteiger partial charge in [0.2, 0.25) is 0 Å². The van der Waals surface area contributed by atoms with Crippen molar-refractivity contribution < 1.29 is 9.90 Å². The maximum absolute atomic E-state index is 11.1. The van der Waals surface area contributed by atoms with Gasteiger partial charge in [-0.15, -0.1) is 0 Å². The molecule has 2 aromatic carbocycles. The zero-order valence-corrected chi connectivity index (χ0v) is 10.7. The van der Waals surface area contributed by atoms with Gasteiger partial charge in [0.25, 0.3) is 0 Å². The third-order valence-corrected chi connectivity index (χ3v) is 3.67. The molecule has 18 heavy (non-hydrogen) atoms. The molecule has 0 radical (unpaired) electrons. The summed E-state index contributed by atoms with van der Waals surface area (Å²) in [6.45, 7) is 1.97. The molecule has 2 rings (SSSR count). The Morgan fingerprint density at radius 1 is 1.17 bits per heavy atom. The molecule has 2 aromatic rings. The van der Waals surface area contributed by atoms with E-state index in [2.05, 4.69) is 0 Å². The van der Waals surface area contributed by atoms with E-state index in [1.165, 1.54) is 11.8 Å². The van der Waals surface area contributed by atoms with E-state index in [0.29, 0.717) is 16.1 Å². The molecule has 0 saturated heterocycles. The minimum absolute atomic E-state index is 0.294. The van der Waals surface area contributed by atoms with Crippen molar-refractivity contribution in [2.75, 3.05) is 5.73 Å². The number of carbonyl (C=O) groups is 1. The number of carboxylic acids is 1. The Kier molecular flexibility index (Phi) is 3.58. The number of rotatable bonds is 3. The number of hydrogen-bond donors (Lipinski definition) is 2. The Morgan fingerprint density at radius 3 is 2.56 bits per heavy atom. The van der Waals surface area contributed by atoms with E-state index < -0.39 is 5.97 Å². The van der Waals surface area contributed by atoms with Crippen molar-refractivity contribution in [3.05, 3.63) is 53.6 Å². The molecule has 0 unspecified atom stereocenters. The summed E-state index contributed by atoms with van der Waals surface area (Å²) in [6, 6.07) is 12.7. The molecule has 92 valence electrons. The van der Waals surface area contributed by atoms with Gasteiger partial charge in [-0.25, -0.2) is 4.79 Å². The molecule has 0 heterocycles. The summed E-state index contributed by atoms with van der Waals surface area (Å²) >= 11 is 1.37. The van der Waals surface area contributed by atoms with Gasteiger partial charge in [0.1, 0.15) is 0 Å². The first-order chi connectivity index (χ1) is 8.58. The summed E-state index contributed by atoms with van der Waals surface area (Å²) in [5.41, 5.74) is 7.97. The van der Waals surface area contributed by atoms with E-state index in [1.54, 1.807) is 18.2 Å². The number of aryl methyl sites for hydroxylation is 1. The van der Waals surface area contributed by atoms with Gasteiger partial charge in [-0.1, -0.05) is 30.0 Å². The SMILES string of the molecule is Cc1ccc(Sc2ccccc2C(=O)O)c(N)c1. The second kappa shape index (κ2) is 5.14. The van der Waals surface area contributed by atoms with Crippen LogP contribution in [0.25, 0.3) is 0 Å². The lowest BCUT2D eigenvalue weighted by atomic mass is 10.2. The lowest BCUT2D eigenvalue weighted by Gasteiger charge is -2.08. The summed E-state index contributed by atoms with van der Waals surface area (Å²) in [6.07, 6.45) is 0. The maximum atomic E-state index is 11.1. The smallest absolute Gasteiger partial charge is 0.336 e. The van der Waals surface area contributed by atoms with Crippen molar-refractivity contribution in [1.82, 2.24) is 0 Å². The number of aromatic carboxylic acids is 1. The van der Waals surface area contributed by atoms with Crippen molar-refractivity contribution >= 4 is 23.4 Å². The Bertz CT molecular complexity index is 596. The molecule has 0 saturated carbocycles. The Labute approximate surface area is 110 Å². The fourth-order valence-corrected chi connectivity index (χ4v) is 2.57. The Hall–Kier alpha value is -1.94. The lowest BCUT2D eigenvalue weighted by molar-refractivity contribution is 0.0693. The van der Waals surface area contributed by atoms with Crippen LogP contribution in [-0.2, 0) is 0 Å². The molecule has 0 fully saturated rings. The van der Waals surface area contributed by atoms with Gasteiger partial charge in [-0.3, -0.25) is 0 Å². The van der Waals surface area contributed by atoms with E-state index in [9.17, 15) is 4.79 Å². The zero-order chi connectivity index (χ0) is 13.1. The van der Waals surface area contributed by atoms with E-state index in [4.69, 9.17) is 10.8 Å². The van der Waals surface area contributed by atoms with Crippen LogP contribution in [0.3, 0.4) is 0 Å². The van der Waals surface area contributed by atoms with Crippen LogP contribution in [0.1, 0.15) is 15.9 Å². The average Bonchev–Trinajstić information content (AvgIpc) is 2.33. The van der Waals surface area contributed by atoms with Gasteiger partial charge in [0.15, 0.2) is 0 Å². The Morgan fingerprint density at radius 2 is 1.89 bits per heavy atom. The van der Waals surface area contributed by atoms with Gasteiger partial charge < -0.3 is 10.8 Å². The summed E-state index contributed by atoms with van der Waals surface area (Å²) < 4.78 is 0. The van der Waals surface area contributed by atoms with Gasteiger partial charge in [-0.2, -0.15) is 0 Å². The molecule has 0 spiro atoms. The van der Waals surface area contributed by atoms with Gasteiger partial charge in [0, 0.05) is 15.5 Å². The summed E-state index contributed by atoms with van der Waals surface area (Å²) in [4.78, 5) is 12.7. The molecule has 0 aliphatic carbocycles. The first-order valence-corrected chi connectivity index (χ1v) is 6.26. The Balaban J connectivity index is 2.37. The number of hydrogen-bond acceptors (Lipinski definition) is 3.